The zero-order valence-corrected chi connectivity index (χ0v) is 9.63. The van der Waals surface area contributed by atoms with Crippen molar-refractivity contribution in [2.45, 2.75) is 33.1 Å². The summed E-state index contributed by atoms with van der Waals surface area (Å²) >= 11 is 0. The Morgan fingerprint density at radius 3 is 1.93 bits per heavy atom. The van der Waals surface area contributed by atoms with Crippen LogP contribution in [0.3, 0.4) is 0 Å². The van der Waals surface area contributed by atoms with Gasteiger partial charge < -0.3 is 0 Å². The molecule has 80 valence electrons. The van der Waals surface area contributed by atoms with E-state index in [2.05, 4.69) is 0 Å². The van der Waals surface area contributed by atoms with Crippen molar-refractivity contribution in [2.75, 3.05) is 0 Å². The lowest BCUT2D eigenvalue weighted by Crippen LogP contribution is -2.38. The van der Waals surface area contributed by atoms with Crippen LogP contribution in [0.2, 0.25) is 0 Å². The van der Waals surface area contributed by atoms with E-state index in [1.165, 1.54) is 13.8 Å². The van der Waals surface area contributed by atoms with Crippen molar-refractivity contribution in [3.8, 4) is 0 Å². The Bertz CT molecular complexity index is 391. The summed E-state index contributed by atoms with van der Waals surface area (Å²) in [6.07, 6.45) is 0. The quantitative estimate of drug-likeness (QED) is 0.709. The molecule has 2 nitrogen and oxygen atoms in total. The first kappa shape index (κ1) is 11.6. The Morgan fingerprint density at radius 1 is 1.07 bits per heavy atom. The van der Waals surface area contributed by atoms with E-state index in [4.69, 9.17) is 0 Å². The number of benzene rings is 1. The highest BCUT2D eigenvalue weighted by Crippen LogP contribution is 2.28. The molecule has 0 unspecified atom stereocenters. The van der Waals surface area contributed by atoms with Gasteiger partial charge in [0.25, 0.3) is 0 Å². The number of ketones is 2. The topological polar surface area (TPSA) is 34.1 Å². The second kappa shape index (κ2) is 3.97. The van der Waals surface area contributed by atoms with E-state index in [0.29, 0.717) is 0 Å². The summed E-state index contributed by atoms with van der Waals surface area (Å²) in [5.74, 6) is -0.214. The fraction of sp³-hybridized carbons (Fsp3) is 0.385. The van der Waals surface area contributed by atoms with Gasteiger partial charge in [0.2, 0.25) is 0 Å². The van der Waals surface area contributed by atoms with E-state index >= 15 is 0 Å². The van der Waals surface area contributed by atoms with E-state index in [1.54, 1.807) is 6.92 Å². The Balaban J connectivity index is 3.41. The van der Waals surface area contributed by atoms with Gasteiger partial charge in [0.15, 0.2) is 0 Å². The van der Waals surface area contributed by atoms with Gasteiger partial charge in [0.05, 0.1) is 0 Å². The molecule has 0 atom stereocenters. The molecule has 0 saturated heterocycles. The van der Waals surface area contributed by atoms with E-state index in [-0.39, 0.29) is 11.6 Å². The van der Waals surface area contributed by atoms with Gasteiger partial charge in [-0.15, -0.1) is 0 Å². The van der Waals surface area contributed by atoms with Crippen molar-refractivity contribution < 1.29 is 9.59 Å². The van der Waals surface area contributed by atoms with Gasteiger partial charge in [-0.25, -0.2) is 0 Å². The average molecular weight is 204 g/mol. The molecule has 0 bridgehead atoms. The van der Waals surface area contributed by atoms with Gasteiger partial charge in [-0.3, -0.25) is 9.59 Å². The number of hydrogen-bond acceptors (Lipinski definition) is 2. The van der Waals surface area contributed by atoms with E-state index in [1.807, 2.05) is 31.2 Å². The Kier molecular flexibility index (Phi) is 3.08. The number of rotatable bonds is 3. The maximum atomic E-state index is 11.6. The minimum Gasteiger partial charge on any atom is -0.299 e. The van der Waals surface area contributed by atoms with Crippen molar-refractivity contribution in [2.24, 2.45) is 0 Å². The maximum absolute atomic E-state index is 11.6. The summed E-state index contributed by atoms with van der Waals surface area (Å²) in [5, 5.41) is 0. The van der Waals surface area contributed by atoms with Crippen LogP contribution in [-0.4, -0.2) is 11.6 Å². The molecule has 1 rings (SSSR count). The molecule has 15 heavy (non-hydrogen) atoms. The Morgan fingerprint density at radius 2 is 1.53 bits per heavy atom. The van der Waals surface area contributed by atoms with E-state index < -0.39 is 5.41 Å². The molecule has 0 aliphatic rings. The van der Waals surface area contributed by atoms with Crippen LogP contribution >= 0.6 is 0 Å². The second-order valence-electron chi connectivity index (χ2n) is 4.05. The highest BCUT2D eigenvalue weighted by atomic mass is 16.2. The minimum absolute atomic E-state index is 0.107. The maximum Gasteiger partial charge on any atom is 0.147 e. The van der Waals surface area contributed by atoms with Crippen LogP contribution in [0, 0.1) is 6.92 Å². The summed E-state index contributed by atoms with van der Waals surface area (Å²) in [7, 11) is 0. The molecule has 0 spiro atoms. The SMILES string of the molecule is CC(=O)C(C)(C(C)=O)c1ccccc1C. The molecule has 0 amide bonds. The van der Waals surface area contributed by atoms with Gasteiger partial charge in [-0.05, 0) is 38.8 Å². The smallest absolute Gasteiger partial charge is 0.147 e. The third-order valence-corrected chi connectivity index (χ3v) is 3.09. The minimum atomic E-state index is -0.995. The fourth-order valence-electron chi connectivity index (χ4n) is 1.76. The highest BCUT2D eigenvalue weighted by molar-refractivity contribution is 6.10. The van der Waals surface area contributed by atoms with Crippen LogP contribution < -0.4 is 0 Å². The number of carbonyl (C=O) groups excluding carboxylic acids is 2. The van der Waals surface area contributed by atoms with Crippen LogP contribution in [0.4, 0.5) is 0 Å². The molecule has 0 radical (unpaired) electrons. The normalized spacial score (nSPS) is 11.2. The first-order chi connectivity index (χ1) is 6.90. The number of aryl methyl sites for hydroxylation is 1. The van der Waals surface area contributed by atoms with Crippen LogP contribution in [0.1, 0.15) is 31.9 Å². The van der Waals surface area contributed by atoms with Crippen molar-refractivity contribution in [1.82, 2.24) is 0 Å². The lowest BCUT2D eigenvalue weighted by Gasteiger charge is -2.25. The van der Waals surface area contributed by atoms with E-state index in [9.17, 15) is 9.59 Å². The largest absolute Gasteiger partial charge is 0.299 e. The first-order valence-corrected chi connectivity index (χ1v) is 4.99. The summed E-state index contributed by atoms with van der Waals surface area (Å²) in [6, 6.07) is 7.52. The summed E-state index contributed by atoms with van der Waals surface area (Å²) < 4.78 is 0. The molecule has 0 saturated carbocycles. The third kappa shape index (κ3) is 1.84. The zero-order valence-electron chi connectivity index (χ0n) is 9.63. The summed E-state index contributed by atoms with van der Waals surface area (Å²) in [5.41, 5.74) is 0.793. The highest BCUT2D eigenvalue weighted by Gasteiger charge is 2.37. The molecule has 0 heterocycles. The predicted octanol–water partition coefficient (Wildman–Crippen LogP) is 2.43. The lowest BCUT2D eigenvalue weighted by molar-refractivity contribution is -0.132. The average Bonchev–Trinajstić information content (AvgIpc) is 2.16. The Hall–Kier alpha value is -1.44. The first-order valence-electron chi connectivity index (χ1n) is 4.99. The van der Waals surface area contributed by atoms with Crippen molar-refractivity contribution in [3.05, 3.63) is 35.4 Å². The summed E-state index contributed by atoms with van der Waals surface area (Å²) in [4.78, 5) is 23.3. The number of carbonyl (C=O) groups is 2. The standard InChI is InChI=1S/C13H16O2/c1-9-7-5-6-8-12(9)13(4,10(2)14)11(3)15/h5-8H,1-4H3. The molecule has 0 aromatic heterocycles. The molecule has 1 aromatic carbocycles. The zero-order chi connectivity index (χ0) is 11.6. The lowest BCUT2D eigenvalue weighted by atomic mass is 9.74. The van der Waals surface area contributed by atoms with Gasteiger partial charge >= 0.3 is 0 Å². The molecule has 1 aromatic rings. The van der Waals surface area contributed by atoms with Crippen LogP contribution in [0.25, 0.3) is 0 Å². The van der Waals surface area contributed by atoms with Gasteiger partial charge in [-0.2, -0.15) is 0 Å². The van der Waals surface area contributed by atoms with E-state index in [0.717, 1.165) is 11.1 Å². The molecule has 0 aliphatic heterocycles. The molecule has 2 heteroatoms. The molecule has 0 fully saturated rings. The van der Waals surface area contributed by atoms with Crippen molar-refractivity contribution in [1.29, 1.82) is 0 Å². The third-order valence-electron chi connectivity index (χ3n) is 3.09. The molecule has 0 aliphatic carbocycles. The molecular weight excluding hydrogens is 188 g/mol. The Labute approximate surface area is 90.3 Å². The van der Waals surface area contributed by atoms with Crippen LogP contribution in [0.5, 0.6) is 0 Å². The molecular formula is C13H16O2. The monoisotopic (exact) mass is 204 g/mol. The van der Waals surface area contributed by atoms with Crippen LogP contribution in [0.15, 0.2) is 24.3 Å². The van der Waals surface area contributed by atoms with Crippen molar-refractivity contribution in [3.63, 3.8) is 0 Å². The number of hydrogen-bond donors (Lipinski definition) is 0. The number of Topliss-reactive ketones (excluding diaryl/α,β-unsaturated/α-hetero) is 2. The van der Waals surface area contributed by atoms with Crippen molar-refractivity contribution >= 4 is 11.6 Å². The van der Waals surface area contributed by atoms with Gasteiger partial charge in [0.1, 0.15) is 17.0 Å². The predicted molar refractivity (Wildman–Crippen MR) is 59.9 cm³/mol. The summed E-state index contributed by atoms with van der Waals surface area (Å²) in [6.45, 7) is 6.54. The fourth-order valence-corrected chi connectivity index (χ4v) is 1.76. The molecule has 0 N–H and O–H groups in total. The van der Waals surface area contributed by atoms with Crippen LogP contribution in [-0.2, 0) is 15.0 Å². The van der Waals surface area contributed by atoms with Gasteiger partial charge in [-0.1, -0.05) is 24.3 Å². The second-order valence-corrected chi connectivity index (χ2v) is 4.05. The van der Waals surface area contributed by atoms with Gasteiger partial charge in [0, 0.05) is 0 Å².